The minimum atomic E-state index is -0.636. The van der Waals surface area contributed by atoms with Gasteiger partial charge in [-0.3, -0.25) is 0 Å². The fraction of sp³-hybridized carbons (Fsp3) is 0.286. The van der Waals surface area contributed by atoms with Crippen molar-refractivity contribution in [3.63, 3.8) is 0 Å². The molecule has 0 saturated carbocycles. The zero-order valence-electron chi connectivity index (χ0n) is 10.6. The second-order valence-corrected chi connectivity index (χ2v) is 7.67. The fourth-order valence-electron chi connectivity index (χ4n) is 1.69. The third kappa shape index (κ3) is 3.81. The molecule has 2 nitrogen and oxygen atoms in total. The van der Waals surface area contributed by atoms with Crippen molar-refractivity contribution in [3.05, 3.63) is 49.0 Å². The first-order valence-electron chi connectivity index (χ1n) is 5.87. The number of benzene rings is 1. The number of hydrogen-bond donors (Lipinski definition) is 1. The zero-order chi connectivity index (χ0) is 14.0. The van der Waals surface area contributed by atoms with Crippen molar-refractivity contribution in [2.45, 2.75) is 26.1 Å². The molecule has 102 valence electrons. The van der Waals surface area contributed by atoms with Gasteiger partial charge in [-0.1, -0.05) is 12.1 Å². The standard InChI is InChI=1S/C14H14Br2O2S/c1-8(2)18-10-5-3-4-9(6-10)13(17)12-7-11(15)14(16)19-12/h3-8,13,17H,1-2H3. The molecule has 1 aromatic carbocycles. The van der Waals surface area contributed by atoms with Crippen LogP contribution in [0, 0.1) is 0 Å². The molecule has 0 radical (unpaired) electrons. The first-order valence-corrected chi connectivity index (χ1v) is 8.27. The number of aliphatic hydroxyl groups excluding tert-OH is 1. The third-order valence-corrected chi connectivity index (χ3v) is 5.79. The van der Waals surface area contributed by atoms with Gasteiger partial charge in [-0.15, -0.1) is 11.3 Å². The number of hydrogen-bond acceptors (Lipinski definition) is 3. The number of aliphatic hydroxyl groups is 1. The van der Waals surface area contributed by atoms with Crippen molar-refractivity contribution in [1.82, 2.24) is 0 Å². The summed E-state index contributed by atoms with van der Waals surface area (Å²) in [4.78, 5) is 0.889. The molecular formula is C14H14Br2O2S. The summed E-state index contributed by atoms with van der Waals surface area (Å²) in [5.74, 6) is 0.779. The highest BCUT2D eigenvalue weighted by Crippen LogP contribution is 2.38. The number of halogens is 2. The van der Waals surface area contributed by atoms with Gasteiger partial charge in [0.25, 0.3) is 0 Å². The summed E-state index contributed by atoms with van der Waals surface area (Å²) in [6.07, 6.45) is -0.513. The van der Waals surface area contributed by atoms with Crippen LogP contribution in [-0.2, 0) is 0 Å². The maximum atomic E-state index is 10.4. The first-order chi connectivity index (χ1) is 8.97. The summed E-state index contributed by atoms with van der Waals surface area (Å²) in [5.41, 5.74) is 0.833. The number of ether oxygens (including phenoxy) is 1. The smallest absolute Gasteiger partial charge is 0.120 e. The van der Waals surface area contributed by atoms with Crippen LogP contribution in [-0.4, -0.2) is 11.2 Å². The van der Waals surface area contributed by atoms with Gasteiger partial charge in [0.1, 0.15) is 11.9 Å². The van der Waals surface area contributed by atoms with Gasteiger partial charge in [-0.05, 0) is 69.5 Å². The van der Waals surface area contributed by atoms with Crippen LogP contribution in [0.4, 0.5) is 0 Å². The van der Waals surface area contributed by atoms with Gasteiger partial charge in [0, 0.05) is 9.35 Å². The van der Waals surface area contributed by atoms with Gasteiger partial charge in [-0.25, -0.2) is 0 Å². The molecule has 1 aromatic heterocycles. The summed E-state index contributed by atoms with van der Waals surface area (Å²) in [5, 5.41) is 10.4. The van der Waals surface area contributed by atoms with E-state index in [9.17, 15) is 5.11 Å². The van der Waals surface area contributed by atoms with Crippen LogP contribution in [0.1, 0.15) is 30.4 Å². The van der Waals surface area contributed by atoms with Crippen LogP contribution in [0.25, 0.3) is 0 Å². The molecule has 0 bridgehead atoms. The Bertz CT molecular complexity index is 547. The Labute approximate surface area is 133 Å². The molecule has 19 heavy (non-hydrogen) atoms. The molecule has 0 spiro atoms. The minimum Gasteiger partial charge on any atom is -0.491 e. The lowest BCUT2D eigenvalue weighted by molar-refractivity contribution is 0.219. The van der Waals surface area contributed by atoms with Crippen LogP contribution in [0.15, 0.2) is 38.6 Å². The van der Waals surface area contributed by atoms with Crippen molar-refractivity contribution in [2.75, 3.05) is 0 Å². The Hall–Kier alpha value is -0.360. The maximum Gasteiger partial charge on any atom is 0.120 e. The molecule has 0 fully saturated rings. The van der Waals surface area contributed by atoms with E-state index in [-0.39, 0.29) is 6.10 Å². The van der Waals surface area contributed by atoms with E-state index < -0.39 is 6.10 Å². The van der Waals surface area contributed by atoms with Gasteiger partial charge in [0.2, 0.25) is 0 Å². The fourth-order valence-corrected chi connectivity index (χ4v) is 3.80. The summed E-state index contributed by atoms with van der Waals surface area (Å²) in [6.45, 7) is 3.97. The largest absolute Gasteiger partial charge is 0.491 e. The van der Waals surface area contributed by atoms with E-state index in [0.717, 1.165) is 24.4 Å². The molecule has 1 heterocycles. The van der Waals surface area contributed by atoms with Gasteiger partial charge in [0.05, 0.1) is 9.89 Å². The Morgan fingerprint density at radius 3 is 2.53 bits per heavy atom. The molecule has 5 heteroatoms. The Kier molecular flexibility index (Phi) is 5.06. The van der Waals surface area contributed by atoms with E-state index in [1.807, 2.05) is 44.2 Å². The first kappa shape index (κ1) is 15.0. The molecule has 2 rings (SSSR count). The van der Waals surface area contributed by atoms with Crippen molar-refractivity contribution in [3.8, 4) is 5.75 Å². The van der Waals surface area contributed by atoms with E-state index in [0.29, 0.717) is 0 Å². The van der Waals surface area contributed by atoms with E-state index in [2.05, 4.69) is 31.9 Å². The Morgan fingerprint density at radius 1 is 1.21 bits per heavy atom. The predicted octanol–water partition coefficient (Wildman–Crippen LogP) is 5.14. The molecule has 0 aliphatic carbocycles. The predicted molar refractivity (Wildman–Crippen MR) is 86.0 cm³/mol. The van der Waals surface area contributed by atoms with Gasteiger partial charge in [0.15, 0.2) is 0 Å². The highest BCUT2D eigenvalue weighted by molar-refractivity contribution is 9.13. The van der Waals surface area contributed by atoms with Gasteiger partial charge in [-0.2, -0.15) is 0 Å². The van der Waals surface area contributed by atoms with Crippen LogP contribution in [0.2, 0.25) is 0 Å². The van der Waals surface area contributed by atoms with Gasteiger partial charge < -0.3 is 9.84 Å². The quantitative estimate of drug-likeness (QED) is 0.762. The summed E-state index contributed by atoms with van der Waals surface area (Å²) < 4.78 is 7.59. The van der Waals surface area contributed by atoms with E-state index in [1.165, 1.54) is 11.3 Å². The van der Waals surface area contributed by atoms with Crippen molar-refractivity contribution in [2.24, 2.45) is 0 Å². The average Bonchev–Trinajstić information content (AvgIpc) is 2.68. The van der Waals surface area contributed by atoms with Gasteiger partial charge >= 0.3 is 0 Å². The Morgan fingerprint density at radius 2 is 1.95 bits per heavy atom. The number of rotatable bonds is 4. The lowest BCUT2D eigenvalue weighted by Gasteiger charge is -2.13. The Balaban J connectivity index is 2.25. The summed E-state index contributed by atoms with van der Waals surface area (Å²) >= 11 is 8.39. The average molecular weight is 406 g/mol. The highest BCUT2D eigenvalue weighted by atomic mass is 79.9. The SMILES string of the molecule is CC(C)Oc1cccc(C(O)c2cc(Br)c(Br)s2)c1. The molecule has 1 N–H and O–H groups in total. The third-order valence-electron chi connectivity index (χ3n) is 2.48. The van der Waals surface area contributed by atoms with E-state index >= 15 is 0 Å². The number of thiophene rings is 1. The van der Waals surface area contributed by atoms with Crippen LogP contribution in [0.5, 0.6) is 5.75 Å². The zero-order valence-corrected chi connectivity index (χ0v) is 14.5. The molecule has 0 amide bonds. The minimum absolute atomic E-state index is 0.123. The second kappa shape index (κ2) is 6.39. The van der Waals surface area contributed by atoms with E-state index in [4.69, 9.17) is 4.74 Å². The summed E-state index contributed by atoms with van der Waals surface area (Å²) in [7, 11) is 0. The molecule has 0 aliphatic rings. The molecular weight excluding hydrogens is 392 g/mol. The molecule has 0 aliphatic heterocycles. The van der Waals surface area contributed by atoms with Crippen molar-refractivity contribution < 1.29 is 9.84 Å². The van der Waals surface area contributed by atoms with Crippen molar-refractivity contribution in [1.29, 1.82) is 0 Å². The molecule has 0 saturated heterocycles. The molecule has 2 aromatic rings. The lowest BCUT2D eigenvalue weighted by atomic mass is 10.1. The lowest BCUT2D eigenvalue weighted by Crippen LogP contribution is -2.06. The van der Waals surface area contributed by atoms with E-state index in [1.54, 1.807) is 0 Å². The van der Waals surface area contributed by atoms with Crippen LogP contribution >= 0.6 is 43.2 Å². The second-order valence-electron chi connectivity index (χ2n) is 4.41. The monoisotopic (exact) mass is 404 g/mol. The topological polar surface area (TPSA) is 29.5 Å². The normalized spacial score (nSPS) is 12.7. The molecule has 1 unspecified atom stereocenters. The van der Waals surface area contributed by atoms with Crippen LogP contribution < -0.4 is 4.74 Å². The van der Waals surface area contributed by atoms with Crippen LogP contribution in [0.3, 0.4) is 0 Å². The summed E-state index contributed by atoms with van der Waals surface area (Å²) in [6, 6.07) is 9.51. The molecule has 1 atom stereocenters. The highest BCUT2D eigenvalue weighted by Gasteiger charge is 2.15. The maximum absolute atomic E-state index is 10.4. The van der Waals surface area contributed by atoms with Crippen molar-refractivity contribution >= 4 is 43.2 Å².